The maximum Gasteiger partial charge on any atom is 0.336 e. The number of thiol groups is 1. The van der Waals surface area contributed by atoms with Gasteiger partial charge in [-0.05, 0) is 30.3 Å². The van der Waals surface area contributed by atoms with E-state index in [4.69, 9.17) is 4.74 Å². The number of aryl methyl sites for hydroxylation is 1. The second kappa shape index (κ2) is 7.12. The van der Waals surface area contributed by atoms with E-state index in [9.17, 15) is 13.2 Å². The van der Waals surface area contributed by atoms with Gasteiger partial charge >= 0.3 is 6.03 Å². The van der Waals surface area contributed by atoms with Crippen molar-refractivity contribution >= 4 is 51.1 Å². The summed E-state index contributed by atoms with van der Waals surface area (Å²) in [6.07, 6.45) is 2.74. The number of ether oxygens (including phenoxy) is 1. The number of methoxy groups -OCH3 is 1. The molecule has 2 aromatic carbocycles. The van der Waals surface area contributed by atoms with E-state index in [-0.39, 0.29) is 10.6 Å². The number of para-hydroxylation sites is 1. The molecule has 1 N–H and O–H groups in total. The highest BCUT2D eigenvalue weighted by molar-refractivity contribution is 7.90. The standard InChI is InChI=1S/C17H18N4O4S2/c1-20-10-18-12-5-4-6-13(16(12)20)19-17(22)21(26)14-9-11(27(3,23)24)7-8-15(14)25-2/h4-10,26H,1-3H3,(H,19,22). The SMILES string of the molecule is COc1ccc(S(C)(=O)=O)cc1N(S)C(=O)Nc1cccc2ncn(C)c12. The number of rotatable bonds is 4. The predicted octanol–water partition coefficient (Wildman–Crippen LogP) is 2.87. The van der Waals surface area contributed by atoms with Crippen molar-refractivity contribution in [2.75, 3.05) is 23.0 Å². The van der Waals surface area contributed by atoms with E-state index in [0.717, 1.165) is 21.6 Å². The van der Waals surface area contributed by atoms with Crippen LogP contribution in [-0.2, 0) is 16.9 Å². The largest absolute Gasteiger partial charge is 0.495 e. The number of urea groups is 1. The van der Waals surface area contributed by atoms with E-state index in [0.29, 0.717) is 11.4 Å². The number of carbonyl (C=O) groups is 1. The number of benzene rings is 2. The van der Waals surface area contributed by atoms with Crippen molar-refractivity contribution in [1.29, 1.82) is 0 Å². The van der Waals surface area contributed by atoms with Crippen molar-refractivity contribution in [3.05, 3.63) is 42.7 Å². The number of amides is 2. The van der Waals surface area contributed by atoms with Crippen LogP contribution in [0, 0.1) is 0 Å². The van der Waals surface area contributed by atoms with E-state index in [1.54, 1.807) is 23.0 Å². The van der Waals surface area contributed by atoms with E-state index >= 15 is 0 Å². The third kappa shape index (κ3) is 3.71. The molecule has 10 heteroatoms. The Balaban J connectivity index is 1.97. The fourth-order valence-electron chi connectivity index (χ4n) is 2.66. The van der Waals surface area contributed by atoms with Gasteiger partial charge in [-0.1, -0.05) is 18.9 Å². The smallest absolute Gasteiger partial charge is 0.336 e. The molecular formula is C17H18N4O4S2. The molecule has 0 radical (unpaired) electrons. The van der Waals surface area contributed by atoms with Gasteiger partial charge in [0.25, 0.3) is 0 Å². The number of nitrogens with one attached hydrogen (secondary N) is 1. The molecule has 0 aliphatic carbocycles. The van der Waals surface area contributed by atoms with Gasteiger partial charge in [-0.3, -0.25) is 0 Å². The minimum absolute atomic E-state index is 0.0545. The van der Waals surface area contributed by atoms with Crippen LogP contribution >= 0.6 is 12.8 Å². The van der Waals surface area contributed by atoms with Gasteiger partial charge in [-0.25, -0.2) is 22.5 Å². The molecule has 3 aromatic rings. The summed E-state index contributed by atoms with van der Waals surface area (Å²) in [7, 11) is -0.208. The first-order valence-corrected chi connectivity index (χ1v) is 10.1. The number of anilines is 2. The molecule has 0 saturated heterocycles. The molecule has 0 aliphatic rings. The van der Waals surface area contributed by atoms with E-state index < -0.39 is 15.9 Å². The van der Waals surface area contributed by atoms with Crippen LogP contribution < -0.4 is 14.4 Å². The zero-order valence-electron chi connectivity index (χ0n) is 14.9. The molecular weight excluding hydrogens is 388 g/mol. The summed E-state index contributed by atoms with van der Waals surface area (Å²) >= 11 is 4.24. The molecule has 0 spiro atoms. The van der Waals surface area contributed by atoms with Gasteiger partial charge < -0.3 is 14.6 Å². The molecule has 0 unspecified atom stereocenters. The number of sulfone groups is 1. The summed E-state index contributed by atoms with van der Waals surface area (Å²) in [5, 5.41) is 2.76. The van der Waals surface area contributed by atoms with Crippen LogP contribution in [0.25, 0.3) is 11.0 Å². The summed E-state index contributed by atoms with van der Waals surface area (Å²) in [5.74, 6) is 0.311. The first-order chi connectivity index (χ1) is 12.7. The fourth-order valence-corrected chi connectivity index (χ4v) is 3.50. The molecule has 0 aliphatic heterocycles. The lowest BCUT2D eigenvalue weighted by Gasteiger charge is -2.20. The predicted molar refractivity (Wildman–Crippen MR) is 107 cm³/mol. The van der Waals surface area contributed by atoms with Gasteiger partial charge in [0.1, 0.15) is 11.4 Å². The molecule has 0 saturated carbocycles. The van der Waals surface area contributed by atoms with Crippen molar-refractivity contribution in [1.82, 2.24) is 9.55 Å². The molecule has 27 heavy (non-hydrogen) atoms. The van der Waals surface area contributed by atoms with Gasteiger partial charge in [0, 0.05) is 13.3 Å². The van der Waals surface area contributed by atoms with Crippen molar-refractivity contribution < 1.29 is 17.9 Å². The maximum absolute atomic E-state index is 12.7. The zero-order valence-corrected chi connectivity index (χ0v) is 16.6. The molecule has 1 heterocycles. The Morgan fingerprint density at radius 3 is 2.70 bits per heavy atom. The lowest BCUT2D eigenvalue weighted by Crippen LogP contribution is -2.27. The summed E-state index contributed by atoms with van der Waals surface area (Å²) in [5.41, 5.74) is 2.25. The Labute approximate surface area is 162 Å². The molecule has 1 aromatic heterocycles. The van der Waals surface area contributed by atoms with Crippen molar-refractivity contribution in [2.45, 2.75) is 4.90 Å². The van der Waals surface area contributed by atoms with Gasteiger partial charge in [0.2, 0.25) is 0 Å². The average molecular weight is 406 g/mol. The molecule has 8 nitrogen and oxygen atoms in total. The highest BCUT2D eigenvalue weighted by atomic mass is 32.2. The number of aromatic nitrogens is 2. The Morgan fingerprint density at radius 2 is 2.04 bits per heavy atom. The van der Waals surface area contributed by atoms with Crippen LogP contribution in [0.2, 0.25) is 0 Å². The zero-order chi connectivity index (χ0) is 19.8. The number of carbonyl (C=O) groups excluding carboxylic acids is 1. The van der Waals surface area contributed by atoms with E-state index in [1.165, 1.54) is 25.3 Å². The number of fused-ring (bicyclic) bond motifs is 1. The summed E-state index contributed by atoms with van der Waals surface area (Å²) in [4.78, 5) is 17.0. The van der Waals surface area contributed by atoms with E-state index in [1.807, 2.05) is 13.1 Å². The quantitative estimate of drug-likeness (QED) is 0.650. The van der Waals surface area contributed by atoms with Gasteiger partial charge in [0.05, 0.1) is 35.1 Å². The Hall–Kier alpha value is -2.72. The third-order valence-corrected chi connectivity index (χ3v) is 5.49. The van der Waals surface area contributed by atoms with Crippen LogP contribution in [0.4, 0.5) is 16.2 Å². The normalized spacial score (nSPS) is 11.4. The summed E-state index contributed by atoms with van der Waals surface area (Å²) in [6, 6.07) is 9.01. The Bertz CT molecular complexity index is 1130. The number of imidazole rings is 1. The Kier molecular flexibility index (Phi) is 5.03. The highest BCUT2D eigenvalue weighted by Crippen LogP contribution is 2.33. The topological polar surface area (TPSA) is 93.5 Å². The minimum atomic E-state index is -3.45. The Morgan fingerprint density at radius 1 is 1.30 bits per heavy atom. The number of nitrogens with zero attached hydrogens (tertiary/aromatic N) is 3. The molecule has 142 valence electrons. The summed E-state index contributed by atoms with van der Waals surface area (Å²) in [6.45, 7) is 0. The van der Waals surface area contributed by atoms with Crippen molar-refractivity contribution in [2.24, 2.45) is 7.05 Å². The van der Waals surface area contributed by atoms with Crippen molar-refractivity contribution in [3.8, 4) is 5.75 Å². The fraction of sp³-hybridized carbons (Fsp3) is 0.176. The monoisotopic (exact) mass is 406 g/mol. The van der Waals surface area contributed by atoms with Crippen LogP contribution in [-0.4, -0.2) is 37.4 Å². The lowest BCUT2D eigenvalue weighted by atomic mass is 10.2. The lowest BCUT2D eigenvalue weighted by molar-refractivity contribution is 0.260. The average Bonchev–Trinajstić information content (AvgIpc) is 3.02. The van der Waals surface area contributed by atoms with Crippen molar-refractivity contribution in [3.63, 3.8) is 0 Å². The molecule has 3 rings (SSSR count). The molecule has 0 fully saturated rings. The number of hydrogen-bond donors (Lipinski definition) is 2. The minimum Gasteiger partial charge on any atom is -0.495 e. The van der Waals surface area contributed by atoms with Crippen LogP contribution in [0.5, 0.6) is 5.75 Å². The van der Waals surface area contributed by atoms with Gasteiger partial charge in [-0.15, -0.1) is 0 Å². The highest BCUT2D eigenvalue weighted by Gasteiger charge is 2.20. The van der Waals surface area contributed by atoms with E-state index in [2.05, 4.69) is 23.1 Å². The summed E-state index contributed by atoms with van der Waals surface area (Å²) < 4.78 is 31.7. The second-order valence-corrected chi connectivity index (χ2v) is 8.29. The van der Waals surface area contributed by atoms with Crippen LogP contribution in [0.1, 0.15) is 0 Å². The first kappa shape index (κ1) is 19.1. The maximum atomic E-state index is 12.7. The van der Waals surface area contributed by atoms with Crippen LogP contribution in [0.3, 0.4) is 0 Å². The van der Waals surface area contributed by atoms with Gasteiger partial charge in [-0.2, -0.15) is 0 Å². The first-order valence-electron chi connectivity index (χ1n) is 7.80. The third-order valence-electron chi connectivity index (χ3n) is 3.98. The van der Waals surface area contributed by atoms with Gasteiger partial charge in [0.15, 0.2) is 9.84 Å². The molecule has 2 amide bonds. The molecule has 0 atom stereocenters. The second-order valence-electron chi connectivity index (χ2n) is 5.88. The number of hydrogen-bond acceptors (Lipinski definition) is 6. The molecule has 0 bridgehead atoms. The van der Waals surface area contributed by atoms with Crippen LogP contribution in [0.15, 0.2) is 47.6 Å².